The van der Waals surface area contributed by atoms with Crippen molar-refractivity contribution in [3.05, 3.63) is 71.8 Å². The summed E-state index contributed by atoms with van der Waals surface area (Å²) in [5, 5.41) is 2.80. The lowest BCUT2D eigenvalue weighted by atomic mass is 10.1. The summed E-state index contributed by atoms with van der Waals surface area (Å²) < 4.78 is 56.1. The number of sulfone groups is 1. The van der Waals surface area contributed by atoms with E-state index in [4.69, 9.17) is 4.42 Å². The molecule has 0 aliphatic heterocycles. The normalized spacial score (nSPS) is 12.5. The van der Waals surface area contributed by atoms with Crippen molar-refractivity contribution in [2.24, 2.45) is 0 Å². The molecule has 0 spiro atoms. The summed E-state index contributed by atoms with van der Waals surface area (Å²) in [6, 6.07) is 9.43. The van der Waals surface area contributed by atoms with Crippen molar-refractivity contribution in [2.45, 2.75) is 30.7 Å². The fourth-order valence-electron chi connectivity index (χ4n) is 2.90. The van der Waals surface area contributed by atoms with Gasteiger partial charge in [-0.25, -0.2) is 22.2 Å². The smallest absolute Gasteiger partial charge is 0.220 e. The number of aromatic nitrogens is 1. The number of amides is 1. The predicted octanol–water partition coefficient (Wildman–Crippen LogP) is 3.83. The summed E-state index contributed by atoms with van der Waals surface area (Å²) in [5.74, 6) is -1.64. The van der Waals surface area contributed by atoms with Gasteiger partial charge >= 0.3 is 0 Å². The number of aryl methyl sites for hydroxylation is 1. The Kier molecular flexibility index (Phi) is 6.31. The fourth-order valence-corrected chi connectivity index (χ4v) is 3.53. The van der Waals surface area contributed by atoms with Crippen molar-refractivity contribution in [3.8, 4) is 11.3 Å². The molecule has 0 saturated heterocycles. The number of rotatable bonds is 7. The number of nitrogens with zero attached hydrogens (tertiary/aromatic N) is 1. The Labute approximate surface area is 172 Å². The minimum atomic E-state index is -3.28. The highest BCUT2D eigenvalue weighted by Gasteiger charge is 2.17. The van der Waals surface area contributed by atoms with Crippen LogP contribution in [0, 0.1) is 11.6 Å². The lowest BCUT2D eigenvalue weighted by molar-refractivity contribution is -0.121. The van der Waals surface area contributed by atoms with Crippen LogP contribution >= 0.6 is 0 Å². The summed E-state index contributed by atoms with van der Waals surface area (Å²) in [6.45, 7) is 1.78. The lowest BCUT2D eigenvalue weighted by Crippen LogP contribution is -2.26. The van der Waals surface area contributed by atoms with E-state index in [1.54, 1.807) is 19.1 Å². The molecule has 1 aromatic heterocycles. The first-order valence-corrected chi connectivity index (χ1v) is 11.0. The zero-order valence-electron chi connectivity index (χ0n) is 16.4. The topological polar surface area (TPSA) is 89.3 Å². The Morgan fingerprint density at radius 2 is 1.77 bits per heavy atom. The van der Waals surface area contributed by atoms with Gasteiger partial charge in [-0.2, -0.15) is 0 Å². The van der Waals surface area contributed by atoms with E-state index in [1.165, 1.54) is 24.4 Å². The van der Waals surface area contributed by atoms with E-state index in [-0.39, 0.29) is 46.9 Å². The molecule has 0 fully saturated rings. The van der Waals surface area contributed by atoms with Gasteiger partial charge in [0.15, 0.2) is 21.5 Å². The summed E-state index contributed by atoms with van der Waals surface area (Å²) >= 11 is 0. The molecular weight excluding hydrogens is 414 g/mol. The molecule has 1 heterocycles. The highest BCUT2D eigenvalue weighted by atomic mass is 32.2. The zero-order chi connectivity index (χ0) is 21.9. The van der Waals surface area contributed by atoms with Crippen molar-refractivity contribution >= 4 is 15.7 Å². The first kappa shape index (κ1) is 21.6. The molecule has 1 atom stereocenters. The van der Waals surface area contributed by atoms with E-state index < -0.39 is 21.5 Å². The minimum absolute atomic E-state index is 0.0413. The summed E-state index contributed by atoms with van der Waals surface area (Å²) in [4.78, 5) is 16.4. The predicted molar refractivity (Wildman–Crippen MR) is 106 cm³/mol. The van der Waals surface area contributed by atoms with Crippen LogP contribution in [0.3, 0.4) is 0 Å². The zero-order valence-corrected chi connectivity index (χ0v) is 17.2. The number of benzene rings is 2. The maximum Gasteiger partial charge on any atom is 0.220 e. The summed E-state index contributed by atoms with van der Waals surface area (Å²) in [5.41, 5.74) is 0.455. The standard InChI is InChI=1S/C21H20F2N2O4S/c1-13(14-6-8-15(9-7-14)30(2,27)28)25-19(26)10-11-20-24-12-18(29-20)21-16(22)4-3-5-17(21)23/h3-9,12-13H,10-11H2,1-2H3,(H,25,26). The number of hydrogen-bond acceptors (Lipinski definition) is 5. The Balaban J connectivity index is 1.58. The van der Waals surface area contributed by atoms with E-state index in [1.807, 2.05) is 0 Å². The van der Waals surface area contributed by atoms with E-state index in [2.05, 4.69) is 10.3 Å². The Hall–Kier alpha value is -3.07. The number of halogens is 2. The first-order chi connectivity index (χ1) is 14.1. The number of oxazole rings is 1. The van der Waals surface area contributed by atoms with Crippen LogP contribution in [-0.4, -0.2) is 25.6 Å². The number of carbonyl (C=O) groups excluding carboxylic acids is 1. The Morgan fingerprint density at radius 1 is 1.13 bits per heavy atom. The molecule has 0 bridgehead atoms. The maximum atomic E-state index is 13.8. The average Bonchev–Trinajstić information content (AvgIpc) is 3.14. The molecule has 2 aromatic carbocycles. The Morgan fingerprint density at radius 3 is 2.37 bits per heavy atom. The third-order valence-electron chi connectivity index (χ3n) is 4.51. The largest absolute Gasteiger partial charge is 0.441 e. The van der Waals surface area contributed by atoms with E-state index in [0.717, 1.165) is 24.0 Å². The summed E-state index contributed by atoms with van der Waals surface area (Å²) in [6.07, 6.45) is 2.57. The molecule has 0 radical (unpaired) electrons. The molecule has 6 nitrogen and oxygen atoms in total. The third kappa shape index (κ3) is 5.10. The van der Waals surface area contributed by atoms with Crippen molar-refractivity contribution in [1.29, 1.82) is 0 Å². The second-order valence-electron chi connectivity index (χ2n) is 6.85. The van der Waals surface area contributed by atoms with E-state index in [0.29, 0.717) is 0 Å². The first-order valence-electron chi connectivity index (χ1n) is 9.13. The number of carbonyl (C=O) groups is 1. The van der Waals surface area contributed by atoms with Crippen LogP contribution in [0.5, 0.6) is 0 Å². The van der Waals surface area contributed by atoms with Crippen LogP contribution in [-0.2, 0) is 21.1 Å². The highest BCUT2D eigenvalue weighted by Crippen LogP contribution is 2.26. The molecule has 1 N–H and O–H groups in total. The van der Waals surface area contributed by atoms with E-state index >= 15 is 0 Å². The fraction of sp³-hybridized carbons (Fsp3) is 0.238. The van der Waals surface area contributed by atoms with Gasteiger partial charge in [0.2, 0.25) is 5.91 Å². The molecule has 1 amide bonds. The SMILES string of the molecule is CC(NC(=O)CCc1ncc(-c2c(F)cccc2F)o1)c1ccc(S(C)(=O)=O)cc1. The second kappa shape index (κ2) is 8.74. The quantitative estimate of drug-likeness (QED) is 0.610. The van der Waals surface area contributed by atoms with Crippen LogP contribution in [0.2, 0.25) is 0 Å². The highest BCUT2D eigenvalue weighted by molar-refractivity contribution is 7.90. The van der Waals surface area contributed by atoms with Crippen LogP contribution in [0.15, 0.2) is 58.0 Å². The molecule has 3 aromatic rings. The van der Waals surface area contributed by atoms with Gasteiger partial charge in [-0.3, -0.25) is 4.79 Å². The number of hydrogen-bond donors (Lipinski definition) is 1. The molecular formula is C21H20F2N2O4S. The monoisotopic (exact) mass is 434 g/mol. The minimum Gasteiger partial charge on any atom is -0.441 e. The van der Waals surface area contributed by atoms with Crippen LogP contribution in [0.1, 0.15) is 30.8 Å². The van der Waals surface area contributed by atoms with Crippen LogP contribution < -0.4 is 5.32 Å². The van der Waals surface area contributed by atoms with Gasteiger partial charge in [0.25, 0.3) is 0 Å². The van der Waals surface area contributed by atoms with E-state index in [9.17, 15) is 22.0 Å². The van der Waals surface area contributed by atoms with Gasteiger partial charge in [-0.15, -0.1) is 0 Å². The van der Waals surface area contributed by atoms with Crippen LogP contribution in [0.25, 0.3) is 11.3 Å². The molecule has 158 valence electrons. The van der Waals surface area contributed by atoms with Crippen molar-refractivity contribution in [2.75, 3.05) is 6.26 Å². The third-order valence-corrected chi connectivity index (χ3v) is 5.64. The second-order valence-corrected chi connectivity index (χ2v) is 8.86. The average molecular weight is 434 g/mol. The lowest BCUT2D eigenvalue weighted by Gasteiger charge is -2.14. The molecule has 0 saturated carbocycles. The van der Waals surface area contributed by atoms with Gasteiger partial charge < -0.3 is 9.73 Å². The van der Waals surface area contributed by atoms with Gasteiger partial charge in [0.1, 0.15) is 11.6 Å². The number of nitrogens with one attached hydrogen (secondary N) is 1. The van der Waals surface area contributed by atoms with Crippen LogP contribution in [0.4, 0.5) is 8.78 Å². The van der Waals surface area contributed by atoms with Gasteiger partial charge in [-0.1, -0.05) is 18.2 Å². The maximum absolute atomic E-state index is 13.8. The molecule has 30 heavy (non-hydrogen) atoms. The molecule has 1 unspecified atom stereocenters. The van der Waals surface area contributed by atoms with Gasteiger partial charge in [0.05, 0.1) is 22.7 Å². The van der Waals surface area contributed by atoms with Crippen molar-refractivity contribution in [3.63, 3.8) is 0 Å². The Bertz CT molecular complexity index is 1140. The van der Waals surface area contributed by atoms with Crippen molar-refractivity contribution in [1.82, 2.24) is 10.3 Å². The molecule has 3 rings (SSSR count). The van der Waals surface area contributed by atoms with Crippen molar-refractivity contribution < 1.29 is 26.4 Å². The molecule has 0 aliphatic rings. The molecule has 0 aliphatic carbocycles. The summed E-state index contributed by atoms with van der Waals surface area (Å²) in [7, 11) is -3.28. The van der Waals surface area contributed by atoms with Gasteiger partial charge in [-0.05, 0) is 36.8 Å². The van der Waals surface area contributed by atoms with Gasteiger partial charge in [0, 0.05) is 19.1 Å². The molecule has 9 heteroatoms.